The van der Waals surface area contributed by atoms with Crippen molar-refractivity contribution < 1.29 is 14.3 Å². The van der Waals surface area contributed by atoms with Gasteiger partial charge < -0.3 is 15.4 Å². The van der Waals surface area contributed by atoms with Crippen LogP contribution in [0.15, 0.2) is 42.5 Å². The second kappa shape index (κ2) is 9.10. The number of ether oxygens (including phenoxy) is 1. The second-order valence-electron chi connectivity index (χ2n) is 5.83. The van der Waals surface area contributed by atoms with Crippen molar-refractivity contribution in [1.82, 2.24) is 10.6 Å². The third-order valence-electron chi connectivity index (χ3n) is 3.78. The number of halogens is 1. The molecule has 1 unspecified atom stereocenters. The van der Waals surface area contributed by atoms with Crippen LogP contribution in [0.3, 0.4) is 0 Å². The monoisotopic (exact) mass is 375 g/mol. The molecule has 3 N–H and O–H groups in total. The minimum Gasteiger partial charge on any atom is -0.495 e. The number of urea groups is 1. The number of anilines is 1. The predicted molar refractivity (Wildman–Crippen MR) is 103 cm³/mol. The Morgan fingerprint density at radius 3 is 2.54 bits per heavy atom. The lowest BCUT2D eigenvalue weighted by Gasteiger charge is -2.18. The van der Waals surface area contributed by atoms with Crippen LogP contribution >= 0.6 is 11.6 Å². The summed E-state index contributed by atoms with van der Waals surface area (Å²) in [6, 6.07) is 11.7. The molecule has 3 amide bonds. The van der Waals surface area contributed by atoms with Crippen molar-refractivity contribution in [1.29, 1.82) is 0 Å². The van der Waals surface area contributed by atoms with E-state index >= 15 is 0 Å². The standard InChI is InChI=1S/C19H22ClN3O3/c1-12-9-16(17(26-3)10-15(12)20)22-13(2)18(24)23-19(25)21-11-14-7-5-4-6-8-14/h4-10,13,22H,11H2,1-3H3,(H2,21,23,24,25). The Hall–Kier alpha value is -2.73. The maximum Gasteiger partial charge on any atom is 0.321 e. The molecule has 26 heavy (non-hydrogen) atoms. The summed E-state index contributed by atoms with van der Waals surface area (Å²) in [5.41, 5.74) is 2.42. The number of nitrogens with one attached hydrogen (secondary N) is 3. The van der Waals surface area contributed by atoms with Crippen LogP contribution in [0.4, 0.5) is 10.5 Å². The van der Waals surface area contributed by atoms with Gasteiger partial charge in [0.15, 0.2) is 0 Å². The number of hydrogen-bond donors (Lipinski definition) is 3. The lowest BCUT2D eigenvalue weighted by atomic mass is 10.2. The first-order valence-electron chi connectivity index (χ1n) is 8.14. The van der Waals surface area contributed by atoms with E-state index in [0.717, 1.165) is 11.1 Å². The molecule has 138 valence electrons. The van der Waals surface area contributed by atoms with Crippen LogP contribution in [0, 0.1) is 6.92 Å². The van der Waals surface area contributed by atoms with Gasteiger partial charge >= 0.3 is 6.03 Å². The van der Waals surface area contributed by atoms with Gasteiger partial charge in [0.2, 0.25) is 5.91 Å². The Balaban J connectivity index is 1.91. The summed E-state index contributed by atoms with van der Waals surface area (Å²) in [5.74, 6) is 0.0685. The molecule has 7 heteroatoms. The fourth-order valence-electron chi connectivity index (χ4n) is 2.29. The van der Waals surface area contributed by atoms with E-state index in [0.29, 0.717) is 23.0 Å². The number of hydrogen-bond acceptors (Lipinski definition) is 4. The molecular weight excluding hydrogens is 354 g/mol. The van der Waals surface area contributed by atoms with Crippen molar-refractivity contribution >= 4 is 29.2 Å². The molecule has 0 aromatic heterocycles. The van der Waals surface area contributed by atoms with Crippen molar-refractivity contribution in [3.8, 4) is 5.75 Å². The molecule has 1 atom stereocenters. The molecule has 2 rings (SSSR count). The van der Waals surface area contributed by atoms with E-state index in [4.69, 9.17) is 16.3 Å². The minimum atomic E-state index is -0.646. The maximum atomic E-state index is 12.2. The van der Waals surface area contributed by atoms with Gasteiger partial charge in [0.05, 0.1) is 12.8 Å². The highest BCUT2D eigenvalue weighted by Crippen LogP contribution is 2.31. The predicted octanol–water partition coefficient (Wildman–Crippen LogP) is 3.48. The van der Waals surface area contributed by atoms with E-state index in [9.17, 15) is 9.59 Å². The molecule has 0 radical (unpaired) electrons. The molecule has 0 aliphatic heterocycles. The molecule has 0 saturated heterocycles. The van der Waals surface area contributed by atoms with Crippen LogP contribution in [-0.4, -0.2) is 25.1 Å². The number of methoxy groups -OCH3 is 1. The normalized spacial score (nSPS) is 11.4. The van der Waals surface area contributed by atoms with Gasteiger partial charge in [-0.05, 0) is 31.0 Å². The highest BCUT2D eigenvalue weighted by Gasteiger charge is 2.18. The fraction of sp³-hybridized carbons (Fsp3) is 0.263. The highest BCUT2D eigenvalue weighted by atomic mass is 35.5. The van der Waals surface area contributed by atoms with Crippen molar-refractivity contribution in [2.45, 2.75) is 26.4 Å². The molecule has 2 aromatic rings. The van der Waals surface area contributed by atoms with Gasteiger partial charge in [-0.2, -0.15) is 0 Å². The number of amides is 3. The second-order valence-corrected chi connectivity index (χ2v) is 6.23. The van der Waals surface area contributed by atoms with Gasteiger partial charge in [-0.1, -0.05) is 41.9 Å². The number of carbonyl (C=O) groups excluding carboxylic acids is 2. The van der Waals surface area contributed by atoms with Crippen LogP contribution < -0.4 is 20.7 Å². The third-order valence-corrected chi connectivity index (χ3v) is 4.19. The molecule has 0 saturated carbocycles. The molecule has 0 aliphatic carbocycles. The Morgan fingerprint density at radius 1 is 1.19 bits per heavy atom. The smallest absolute Gasteiger partial charge is 0.321 e. The Bertz CT molecular complexity index is 781. The van der Waals surface area contributed by atoms with E-state index in [-0.39, 0.29) is 0 Å². The highest BCUT2D eigenvalue weighted by molar-refractivity contribution is 6.31. The average Bonchev–Trinajstić information content (AvgIpc) is 2.63. The van der Waals surface area contributed by atoms with Crippen molar-refractivity contribution in [3.63, 3.8) is 0 Å². The molecule has 0 heterocycles. The maximum absolute atomic E-state index is 12.2. The summed E-state index contributed by atoms with van der Waals surface area (Å²) < 4.78 is 5.27. The zero-order chi connectivity index (χ0) is 19.1. The van der Waals surface area contributed by atoms with Crippen LogP contribution in [-0.2, 0) is 11.3 Å². The largest absolute Gasteiger partial charge is 0.495 e. The molecule has 0 spiro atoms. The molecule has 2 aromatic carbocycles. The summed E-state index contributed by atoms with van der Waals surface area (Å²) in [6.45, 7) is 3.85. The van der Waals surface area contributed by atoms with Crippen molar-refractivity contribution in [2.24, 2.45) is 0 Å². The van der Waals surface area contributed by atoms with Crippen molar-refractivity contribution in [3.05, 3.63) is 58.6 Å². The number of aryl methyl sites for hydroxylation is 1. The number of rotatable bonds is 6. The van der Waals surface area contributed by atoms with Gasteiger partial charge in [-0.15, -0.1) is 0 Å². The summed E-state index contributed by atoms with van der Waals surface area (Å²) in [7, 11) is 1.52. The van der Waals surface area contributed by atoms with Gasteiger partial charge in [-0.3, -0.25) is 10.1 Å². The first-order valence-corrected chi connectivity index (χ1v) is 8.51. The number of benzene rings is 2. The summed E-state index contributed by atoms with van der Waals surface area (Å²) in [5, 5.41) is 8.57. The number of imide groups is 1. The van der Waals surface area contributed by atoms with Crippen LogP contribution in [0.2, 0.25) is 5.02 Å². The summed E-state index contributed by atoms with van der Waals surface area (Å²) >= 11 is 6.08. The topological polar surface area (TPSA) is 79.5 Å². The fourth-order valence-corrected chi connectivity index (χ4v) is 2.44. The van der Waals surface area contributed by atoms with Gasteiger partial charge in [-0.25, -0.2) is 4.79 Å². The SMILES string of the molecule is COc1cc(Cl)c(C)cc1NC(C)C(=O)NC(=O)NCc1ccccc1. The molecular formula is C19H22ClN3O3. The molecule has 6 nitrogen and oxygen atoms in total. The van der Waals surface area contributed by atoms with Crippen LogP contribution in [0.1, 0.15) is 18.1 Å². The Labute approximate surface area is 157 Å². The first-order chi connectivity index (χ1) is 12.4. The summed E-state index contributed by atoms with van der Waals surface area (Å²) in [6.07, 6.45) is 0. The van der Waals surface area contributed by atoms with Gasteiger partial charge in [0, 0.05) is 17.6 Å². The van der Waals surface area contributed by atoms with Crippen LogP contribution in [0.5, 0.6) is 5.75 Å². The first kappa shape index (κ1) is 19.6. The molecule has 0 bridgehead atoms. The summed E-state index contributed by atoms with van der Waals surface area (Å²) in [4.78, 5) is 24.1. The lowest BCUT2D eigenvalue weighted by Crippen LogP contribution is -2.45. The zero-order valence-electron chi connectivity index (χ0n) is 14.9. The van der Waals surface area contributed by atoms with Gasteiger partial charge in [0.1, 0.15) is 11.8 Å². The van der Waals surface area contributed by atoms with Crippen LogP contribution in [0.25, 0.3) is 0 Å². The third kappa shape index (κ3) is 5.39. The number of carbonyl (C=O) groups is 2. The molecule has 0 aliphatic rings. The van der Waals surface area contributed by atoms with E-state index in [1.54, 1.807) is 19.1 Å². The van der Waals surface area contributed by atoms with E-state index < -0.39 is 18.0 Å². The van der Waals surface area contributed by atoms with Crippen molar-refractivity contribution in [2.75, 3.05) is 12.4 Å². The zero-order valence-corrected chi connectivity index (χ0v) is 15.7. The van der Waals surface area contributed by atoms with E-state index in [2.05, 4.69) is 16.0 Å². The van der Waals surface area contributed by atoms with E-state index in [1.807, 2.05) is 37.3 Å². The average molecular weight is 376 g/mol. The minimum absolute atomic E-state index is 0.339. The quantitative estimate of drug-likeness (QED) is 0.722. The lowest BCUT2D eigenvalue weighted by molar-refractivity contribution is -0.120. The van der Waals surface area contributed by atoms with E-state index in [1.165, 1.54) is 7.11 Å². The van der Waals surface area contributed by atoms with Gasteiger partial charge in [0.25, 0.3) is 0 Å². The molecule has 0 fully saturated rings. The Morgan fingerprint density at radius 2 is 1.88 bits per heavy atom. The Kier molecular flexibility index (Phi) is 6.86.